The topological polar surface area (TPSA) is 352 Å². The summed E-state index contributed by atoms with van der Waals surface area (Å²) < 4.78 is 26.4. The van der Waals surface area contributed by atoms with Crippen molar-refractivity contribution in [1.29, 1.82) is 37.7 Å². The summed E-state index contributed by atoms with van der Waals surface area (Å²) in [6.45, 7) is 24.7. The number of methoxy groups -OCH3 is 2. The van der Waals surface area contributed by atoms with E-state index >= 15 is 0 Å². The van der Waals surface area contributed by atoms with E-state index < -0.39 is 0 Å². The van der Waals surface area contributed by atoms with Crippen LogP contribution in [0.5, 0.6) is 11.5 Å². The van der Waals surface area contributed by atoms with Gasteiger partial charge in [-0.1, -0.05) is 72.8 Å². The molecule has 11 aromatic rings. The molecule has 0 unspecified atom stereocenters. The zero-order chi connectivity index (χ0) is 86.3. The van der Waals surface area contributed by atoms with E-state index in [1.807, 2.05) is 189 Å². The fourth-order valence-corrected chi connectivity index (χ4v) is 12.3. The summed E-state index contributed by atoms with van der Waals surface area (Å²) in [5.41, 5.74) is 19.8. The number of nitrogens with zero attached hydrogens (tertiary/aromatic N) is 17. The Kier molecular flexibility index (Phi) is 35.0. The molecule has 3 fully saturated rings. The van der Waals surface area contributed by atoms with E-state index in [-0.39, 0.29) is 17.7 Å². The lowest BCUT2D eigenvalue weighted by atomic mass is 10.1. The zero-order valence-corrected chi connectivity index (χ0v) is 68.8. The normalized spacial score (nSPS) is 12.1. The van der Waals surface area contributed by atoms with Gasteiger partial charge < -0.3 is 59.7 Å². The van der Waals surface area contributed by atoms with Gasteiger partial charge in [0, 0.05) is 172 Å². The SMILES string of the molecule is COc1cc(N2CCOCC2)c(OC)cc1[N+]#N.Cc1cc(N2CCOCC2)ccc1[N+]#N.Cc1cc(NC(=O)c2ccccc2)c(C)cc1[N+]#N.Cc1cc(NC(=O)c2ccccc2)c(C)cc1[N+]#N.Cc1cc(NC(=O)c2ccccc2)c(C)cc1[N+]#N.Cc1cc(Nc2ccccc2)ccc1[N+]#N.N#[N+]c1ccc(N2CCOCC2)cc1. The van der Waals surface area contributed by atoms with Crippen LogP contribution >= 0.6 is 0 Å². The molecule has 0 spiro atoms. The number of morpholine rings is 3. The predicted octanol–water partition coefficient (Wildman–Crippen LogP) is 22.7. The number of carbonyl (C=O) groups is 3. The lowest BCUT2D eigenvalue weighted by Crippen LogP contribution is -2.36. The van der Waals surface area contributed by atoms with Crippen molar-refractivity contribution in [2.45, 2.75) is 55.4 Å². The van der Waals surface area contributed by atoms with Crippen LogP contribution in [0.1, 0.15) is 75.6 Å². The number of aryl methyl sites for hydroxylation is 8. The molecule has 4 N–H and O–H groups in total. The number of anilines is 8. The molecule has 3 heterocycles. The summed E-state index contributed by atoms with van der Waals surface area (Å²) in [6, 6.07) is 70.0. The third-order valence-corrected chi connectivity index (χ3v) is 19.1. The summed E-state index contributed by atoms with van der Waals surface area (Å²) in [6.07, 6.45) is 0. The van der Waals surface area contributed by atoms with E-state index in [9.17, 15) is 14.4 Å². The van der Waals surface area contributed by atoms with Gasteiger partial charge in [0.25, 0.3) is 17.7 Å². The molecule has 0 aliphatic carbocycles. The number of carbonyl (C=O) groups excluding carboxylic acids is 3. The van der Waals surface area contributed by atoms with Gasteiger partial charge in [-0.15, -0.1) is 0 Å². The van der Waals surface area contributed by atoms with Crippen molar-refractivity contribution in [1.82, 2.24) is 0 Å². The van der Waals surface area contributed by atoms with Crippen LogP contribution < -0.4 is 45.4 Å². The average Bonchev–Trinajstić information content (AvgIpc) is 0.834. The van der Waals surface area contributed by atoms with Crippen LogP contribution in [0.3, 0.4) is 0 Å². The first-order valence-electron chi connectivity index (χ1n) is 38.4. The Morgan fingerprint density at radius 1 is 0.308 bits per heavy atom. The quantitative estimate of drug-likeness (QED) is 0.0779. The molecule has 3 aliphatic heterocycles. The molecule has 29 nitrogen and oxygen atoms in total. The van der Waals surface area contributed by atoms with Crippen molar-refractivity contribution >= 4 is 103 Å². The van der Waals surface area contributed by atoms with Crippen molar-refractivity contribution in [2.24, 2.45) is 0 Å². The molecule has 120 heavy (non-hydrogen) atoms. The molecule has 0 radical (unpaired) electrons. The maximum absolute atomic E-state index is 12.0. The van der Waals surface area contributed by atoms with Crippen LogP contribution in [0.4, 0.5) is 85.3 Å². The van der Waals surface area contributed by atoms with Gasteiger partial charge in [-0.3, -0.25) is 14.4 Å². The predicted molar refractivity (Wildman–Crippen MR) is 471 cm³/mol. The highest BCUT2D eigenvalue weighted by Crippen LogP contribution is 2.41. The molecule has 606 valence electrons. The number of hydrogen-bond donors (Lipinski definition) is 4. The van der Waals surface area contributed by atoms with Gasteiger partial charge in [0.2, 0.25) is 43.5 Å². The Morgan fingerprint density at radius 2 is 0.642 bits per heavy atom. The largest absolute Gasteiger partial charge is 0.494 e. The zero-order valence-electron chi connectivity index (χ0n) is 68.8. The molecule has 0 bridgehead atoms. The Balaban J connectivity index is 0.000000175. The molecule has 29 heteroatoms. The van der Waals surface area contributed by atoms with Gasteiger partial charge in [-0.2, -0.15) is 0 Å². The van der Waals surface area contributed by atoms with Crippen LogP contribution in [0.25, 0.3) is 34.8 Å². The highest BCUT2D eigenvalue weighted by atomic mass is 16.5. The third-order valence-electron chi connectivity index (χ3n) is 19.1. The second-order valence-corrected chi connectivity index (χ2v) is 27.5. The van der Waals surface area contributed by atoms with Gasteiger partial charge in [-0.05, 0) is 175 Å². The van der Waals surface area contributed by atoms with Crippen LogP contribution in [0.2, 0.25) is 0 Å². The number of para-hydroxylation sites is 1. The second-order valence-electron chi connectivity index (χ2n) is 27.5. The smallest absolute Gasteiger partial charge is 0.430 e. The molecule has 3 aliphatic rings. The minimum absolute atomic E-state index is 0.156. The minimum Gasteiger partial charge on any atom is -0.494 e. The number of nitrogens with one attached hydrogen (secondary N) is 4. The number of diazo groups is 7. The number of hydrogen-bond acceptors (Lipinski definition) is 19. The first-order valence-corrected chi connectivity index (χ1v) is 38.4. The van der Waals surface area contributed by atoms with Crippen molar-refractivity contribution in [3.63, 3.8) is 0 Å². The van der Waals surface area contributed by atoms with E-state index in [0.29, 0.717) is 81.2 Å². The Bertz CT molecular complexity index is 5340. The molecule has 0 aromatic heterocycles. The maximum Gasteiger partial charge on any atom is 0.430 e. The molecular formula is C91H96N21O8+7. The van der Waals surface area contributed by atoms with Crippen LogP contribution in [-0.2, 0) is 14.2 Å². The fraction of sp³-hybridized carbons (Fsp3) is 0.242. The minimum atomic E-state index is -0.156. The molecule has 14 rings (SSSR count). The summed E-state index contributed by atoms with van der Waals surface area (Å²) in [5.74, 6) is 0.704. The van der Waals surface area contributed by atoms with Gasteiger partial charge in [0.05, 0.1) is 65.6 Å². The lowest BCUT2D eigenvalue weighted by molar-refractivity contribution is 0.101. The Labute approximate surface area is 697 Å². The first-order chi connectivity index (χ1) is 58.1. The summed E-state index contributed by atoms with van der Waals surface area (Å²) >= 11 is 0. The van der Waals surface area contributed by atoms with Crippen LogP contribution in [0.15, 0.2) is 231 Å². The van der Waals surface area contributed by atoms with E-state index in [0.717, 1.165) is 150 Å². The molecule has 11 aromatic carbocycles. The molecule has 3 saturated heterocycles. The number of ether oxygens (including phenoxy) is 5. The van der Waals surface area contributed by atoms with Gasteiger partial charge in [-0.25, -0.2) is 0 Å². The van der Waals surface area contributed by atoms with Gasteiger partial charge in [0.15, 0.2) is 40.6 Å². The molecule has 3 amide bonds. The van der Waals surface area contributed by atoms with Crippen molar-refractivity contribution in [3.05, 3.63) is 327 Å². The maximum atomic E-state index is 12.0. The number of amides is 3. The van der Waals surface area contributed by atoms with Crippen molar-refractivity contribution < 1.29 is 38.1 Å². The van der Waals surface area contributed by atoms with Gasteiger partial charge >= 0.3 is 39.8 Å². The molecule has 0 atom stereocenters. The summed E-state index contributed by atoms with van der Waals surface area (Å²) in [7, 11) is 3.13. The van der Waals surface area contributed by atoms with Crippen LogP contribution in [-0.4, -0.2) is 111 Å². The lowest BCUT2D eigenvalue weighted by Gasteiger charge is -2.29. The van der Waals surface area contributed by atoms with Crippen molar-refractivity contribution in [3.8, 4) is 11.5 Å². The highest BCUT2D eigenvalue weighted by Gasteiger charge is 2.26. The second kappa shape index (κ2) is 46.7. The van der Waals surface area contributed by atoms with Gasteiger partial charge in [0.1, 0.15) is 0 Å². The number of benzene rings is 11. The highest BCUT2D eigenvalue weighted by molar-refractivity contribution is 6.06. The molecule has 0 saturated carbocycles. The third kappa shape index (κ3) is 26.8. The Hall–Kier alpha value is -15.6. The van der Waals surface area contributed by atoms with Crippen molar-refractivity contribution in [2.75, 3.05) is 129 Å². The number of rotatable bonds is 13. The van der Waals surface area contributed by atoms with E-state index in [4.69, 9.17) is 61.4 Å². The standard InChI is InChI=1S/3C15H13N3O.C13H12N3.C12H16N3O3.C11H14N3O.C10H12N3O/c3*1-10-9-14(18-16)11(2)8-13(10)17-15(19)12-6-4-3-5-7-12;1-10-9-12(7-8-13(10)16-14)15-11-5-3-2-4-6-11;1-16-11-8-10(15-3-5-18-6-4-15)12(17-2)7-9(11)14-13;1-9-8-10(2-3-11(9)13-12)14-4-6-15-7-5-14;11-12-9-1-3-10(4-2-9)13-5-7-14-8-6-13/h3*3-9H,1-2H3;2-9,15H,1H3;7-8H,3-6H2,1-2H3;2-3,8H,4-7H2,1H3;1-4H,5-8H2/q;;;4*+1/p+3. The summed E-state index contributed by atoms with van der Waals surface area (Å²) in [5, 5.41) is 73.2. The van der Waals surface area contributed by atoms with E-state index in [1.165, 1.54) is 5.69 Å². The van der Waals surface area contributed by atoms with E-state index in [2.05, 4.69) is 70.8 Å². The fourth-order valence-electron chi connectivity index (χ4n) is 12.3. The van der Waals surface area contributed by atoms with E-state index in [1.54, 1.807) is 111 Å². The Morgan fingerprint density at radius 3 is 0.992 bits per heavy atom. The molecular weight excluding hydrogens is 1520 g/mol. The summed E-state index contributed by atoms with van der Waals surface area (Å²) in [4.78, 5) is 65.1. The average molecular weight is 1610 g/mol. The van der Waals surface area contributed by atoms with Crippen LogP contribution in [0, 0.1) is 93.1 Å². The monoisotopic (exact) mass is 1610 g/mol. The first kappa shape index (κ1) is 90.0.